The van der Waals surface area contributed by atoms with Crippen molar-refractivity contribution in [2.75, 3.05) is 20.1 Å². The second-order valence-electron chi connectivity index (χ2n) is 4.07. The second-order valence-corrected chi connectivity index (χ2v) is 4.07. The summed E-state index contributed by atoms with van der Waals surface area (Å²) in [6.45, 7) is 0.0896. The molecule has 1 aromatic rings. The van der Waals surface area contributed by atoms with Gasteiger partial charge in [-0.2, -0.15) is 0 Å². The minimum atomic E-state index is -0.837. The number of aliphatic hydroxyl groups is 1. The standard InChI is InChI=1S/C12H14N2O3/c1-13-8-11(16)14(12(13)17)7-10(15)9-5-3-2-4-6-9/h2-6,10,15H,7-8H2,1H3. The molecule has 0 aliphatic carbocycles. The van der Waals surface area contributed by atoms with Gasteiger partial charge in [-0.3, -0.25) is 9.69 Å². The van der Waals surface area contributed by atoms with Gasteiger partial charge in [-0.05, 0) is 5.56 Å². The number of imide groups is 1. The number of carbonyl (C=O) groups is 2. The molecule has 1 atom stereocenters. The Morgan fingerprint density at radius 3 is 2.47 bits per heavy atom. The van der Waals surface area contributed by atoms with Gasteiger partial charge in [0.25, 0.3) is 0 Å². The highest BCUT2D eigenvalue weighted by Gasteiger charge is 2.34. The lowest BCUT2D eigenvalue weighted by Crippen LogP contribution is -2.35. The van der Waals surface area contributed by atoms with Crippen molar-refractivity contribution < 1.29 is 14.7 Å². The zero-order valence-corrected chi connectivity index (χ0v) is 9.54. The monoisotopic (exact) mass is 234 g/mol. The van der Waals surface area contributed by atoms with Crippen LogP contribution in [0, 0.1) is 0 Å². The number of urea groups is 1. The molecule has 2 rings (SSSR count). The number of carbonyl (C=O) groups excluding carboxylic acids is 2. The summed E-state index contributed by atoms with van der Waals surface area (Å²) in [5, 5.41) is 9.94. The Morgan fingerprint density at radius 1 is 1.29 bits per heavy atom. The quantitative estimate of drug-likeness (QED) is 0.780. The van der Waals surface area contributed by atoms with E-state index in [1.54, 1.807) is 31.3 Å². The third-order valence-electron chi connectivity index (χ3n) is 2.77. The lowest BCUT2D eigenvalue weighted by atomic mass is 10.1. The van der Waals surface area contributed by atoms with Crippen LogP contribution in [0.15, 0.2) is 30.3 Å². The molecule has 90 valence electrons. The van der Waals surface area contributed by atoms with E-state index in [0.29, 0.717) is 5.56 Å². The minimum absolute atomic E-state index is 0.00597. The summed E-state index contributed by atoms with van der Waals surface area (Å²) in [5.41, 5.74) is 0.697. The topological polar surface area (TPSA) is 60.9 Å². The number of amides is 3. The summed E-state index contributed by atoms with van der Waals surface area (Å²) in [6.07, 6.45) is -0.837. The van der Waals surface area contributed by atoms with Crippen molar-refractivity contribution in [2.45, 2.75) is 6.10 Å². The van der Waals surface area contributed by atoms with E-state index in [2.05, 4.69) is 0 Å². The van der Waals surface area contributed by atoms with Crippen molar-refractivity contribution in [3.63, 3.8) is 0 Å². The van der Waals surface area contributed by atoms with Crippen LogP contribution in [0.2, 0.25) is 0 Å². The first-order valence-electron chi connectivity index (χ1n) is 5.38. The van der Waals surface area contributed by atoms with Crippen LogP contribution < -0.4 is 0 Å². The normalized spacial score (nSPS) is 17.8. The first-order chi connectivity index (χ1) is 8.09. The number of likely N-dealkylation sites (N-methyl/N-ethyl adjacent to an activating group) is 1. The summed E-state index contributed by atoms with van der Waals surface area (Å²) in [5.74, 6) is -0.271. The van der Waals surface area contributed by atoms with Gasteiger partial charge >= 0.3 is 6.03 Å². The number of hydrogen-bond donors (Lipinski definition) is 1. The molecule has 1 unspecified atom stereocenters. The van der Waals surface area contributed by atoms with Crippen LogP contribution in [-0.4, -0.2) is 47.0 Å². The summed E-state index contributed by atoms with van der Waals surface area (Å²) in [6, 6.07) is 8.62. The maximum absolute atomic E-state index is 11.6. The Kier molecular flexibility index (Phi) is 3.10. The molecule has 1 fully saturated rings. The highest BCUT2D eigenvalue weighted by molar-refractivity contribution is 6.01. The number of hydrogen-bond acceptors (Lipinski definition) is 3. The van der Waals surface area contributed by atoms with E-state index in [0.717, 1.165) is 4.90 Å². The molecule has 1 aromatic carbocycles. The number of aliphatic hydroxyl groups excluding tert-OH is 1. The fourth-order valence-corrected chi connectivity index (χ4v) is 1.80. The third-order valence-corrected chi connectivity index (χ3v) is 2.77. The van der Waals surface area contributed by atoms with E-state index in [-0.39, 0.29) is 25.0 Å². The summed E-state index contributed by atoms with van der Waals surface area (Å²) >= 11 is 0. The summed E-state index contributed by atoms with van der Waals surface area (Å²) in [7, 11) is 1.56. The molecule has 1 N–H and O–H groups in total. The molecule has 0 bridgehead atoms. The Labute approximate surface area is 99.3 Å². The highest BCUT2D eigenvalue weighted by atomic mass is 16.3. The van der Waals surface area contributed by atoms with E-state index >= 15 is 0 Å². The summed E-state index contributed by atoms with van der Waals surface area (Å²) < 4.78 is 0. The molecular formula is C12H14N2O3. The van der Waals surface area contributed by atoms with Gasteiger partial charge in [0.05, 0.1) is 12.6 Å². The third kappa shape index (κ3) is 2.29. The zero-order chi connectivity index (χ0) is 12.4. The maximum Gasteiger partial charge on any atom is 0.327 e. The van der Waals surface area contributed by atoms with E-state index in [1.807, 2.05) is 6.07 Å². The largest absolute Gasteiger partial charge is 0.387 e. The Balaban J connectivity index is 2.07. The predicted octanol–water partition coefficient (Wildman–Crippen LogP) is 0.614. The van der Waals surface area contributed by atoms with E-state index < -0.39 is 6.10 Å². The molecule has 5 heteroatoms. The van der Waals surface area contributed by atoms with Crippen LogP contribution in [0.5, 0.6) is 0 Å². The molecule has 0 spiro atoms. The van der Waals surface area contributed by atoms with Crippen molar-refractivity contribution in [1.82, 2.24) is 9.80 Å². The van der Waals surface area contributed by atoms with Gasteiger partial charge in [0.1, 0.15) is 6.54 Å². The van der Waals surface area contributed by atoms with Crippen LogP contribution in [0.3, 0.4) is 0 Å². The van der Waals surface area contributed by atoms with Gasteiger partial charge in [-0.1, -0.05) is 30.3 Å². The SMILES string of the molecule is CN1CC(=O)N(CC(O)c2ccccc2)C1=O. The number of β-amino-alcohol motifs (C(OH)–C–C–N with tert-alkyl or cyclic N) is 1. The molecule has 1 saturated heterocycles. The first kappa shape index (κ1) is 11.6. The molecule has 1 heterocycles. The van der Waals surface area contributed by atoms with Gasteiger partial charge in [-0.15, -0.1) is 0 Å². The number of nitrogens with zero attached hydrogens (tertiary/aromatic N) is 2. The lowest BCUT2D eigenvalue weighted by molar-refractivity contribution is -0.126. The zero-order valence-electron chi connectivity index (χ0n) is 9.54. The second kappa shape index (κ2) is 4.55. The van der Waals surface area contributed by atoms with Crippen LogP contribution >= 0.6 is 0 Å². The van der Waals surface area contributed by atoms with Crippen molar-refractivity contribution in [1.29, 1.82) is 0 Å². The molecule has 3 amide bonds. The number of rotatable bonds is 3. The van der Waals surface area contributed by atoms with Crippen molar-refractivity contribution in [2.24, 2.45) is 0 Å². The van der Waals surface area contributed by atoms with E-state index in [1.165, 1.54) is 4.90 Å². The molecule has 17 heavy (non-hydrogen) atoms. The Morgan fingerprint density at radius 2 is 1.94 bits per heavy atom. The Hall–Kier alpha value is -1.88. The first-order valence-corrected chi connectivity index (χ1v) is 5.38. The van der Waals surface area contributed by atoms with Gasteiger partial charge < -0.3 is 10.0 Å². The van der Waals surface area contributed by atoms with Crippen LogP contribution in [0.1, 0.15) is 11.7 Å². The van der Waals surface area contributed by atoms with Crippen molar-refractivity contribution >= 4 is 11.9 Å². The molecule has 0 aromatic heterocycles. The van der Waals surface area contributed by atoms with E-state index in [9.17, 15) is 14.7 Å². The Bertz CT molecular complexity index is 433. The van der Waals surface area contributed by atoms with Gasteiger partial charge in [-0.25, -0.2) is 4.79 Å². The molecule has 0 saturated carbocycles. The van der Waals surface area contributed by atoms with Gasteiger partial charge in [0.2, 0.25) is 5.91 Å². The number of benzene rings is 1. The van der Waals surface area contributed by atoms with Gasteiger partial charge in [0.15, 0.2) is 0 Å². The fraction of sp³-hybridized carbons (Fsp3) is 0.333. The minimum Gasteiger partial charge on any atom is -0.387 e. The summed E-state index contributed by atoms with van der Waals surface area (Å²) in [4.78, 5) is 25.5. The van der Waals surface area contributed by atoms with Crippen LogP contribution in [0.4, 0.5) is 4.79 Å². The predicted molar refractivity (Wildman–Crippen MR) is 61.1 cm³/mol. The average Bonchev–Trinajstić information content (AvgIpc) is 2.57. The van der Waals surface area contributed by atoms with Crippen LogP contribution in [-0.2, 0) is 4.79 Å². The molecule has 5 nitrogen and oxygen atoms in total. The molecule has 1 aliphatic rings. The smallest absolute Gasteiger partial charge is 0.327 e. The van der Waals surface area contributed by atoms with Crippen molar-refractivity contribution in [3.05, 3.63) is 35.9 Å². The highest BCUT2D eigenvalue weighted by Crippen LogP contribution is 2.17. The molecular weight excluding hydrogens is 220 g/mol. The maximum atomic E-state index is 11.6. The van der Waals surface area contributed by atoms with Gasteiger partial charge in [0, 0.05) is 7.05 Å². The lowest BCUT2D eigenvalue weighted by Gasteiger charge is -2.18. The molecule has 0 radical (unpaired) electrons. The van der Waals surface area contributed by atoms with Crippen molar-refractivity contribution in [3.8, 4) is 0 Å². The fourth-order valence-electron chi connectivity index (χ4n) is 1.80. The van der Waals surface area contributed by atoms with E-state index in [4.69, 9.17) is 0 Å². The van der Waals surface area contributed by atoms with Crippen LogP contribution in [0.25, 0.3) is 0 Å². The molecule has 1 aliphatic heterocycles. The average molecular weight is 234 g/mol.